The number of hydrogen-bond acceptors (Lipinski definition) is 3. The van der Waals surface area contributed by atoms with Crippen LogP contribution in [0, 0.1) is 5.82 Å². The maximum atomic E-state index is 13.1. The van der Waals surface area contributed by atoms with Gasteiger partial charge in [0.2, 0.25) is 0 Å². The van der Waals surface area contributed by atoms with Crippen LogP contribution in [0.15, 0.2) is 24.3 Å². The molecule has 1 heterocycles. The van der Waals surface area contributed by atoms with Crippen LogP contribution < -0.4 is 5.32 Å². The zero-order chi connectivity index (χ0) is 14.0. The second kappa shape index (κ2) is 5.27. The van der Waals surface area contributed by atoms with Gasteiger partial charge in [-0.3, -0.25) is 4.79 Å². The second-order valence-corrected chi connectivity index (χ2v) is 5.91. The van der Waals surface area contributed by atoms with Crippen LogP contribution in [0.5, 0.6) is 0 Å². The van der Waals surface area contributed by atoms with E-state index in [1.807, 2.05) is 6.92 Å². The van der Waals surface area contributed by atoms with Gasteiger partial charge in [-0.15, -0.1) is 11.3 Å². The lowest BCUT2D eigenvalue weighted by Crippen LogP contribution is -2.39. The number of hydrogen-bond donors (Lipinski definition) is 2. The van der Waals surface area contributed by atoms with Crippen LogP contribution in [0.25, 0.3) is 10.1 Å². The van der Waals surface area contributed by atoms with Crippen LogP contribution in [-0.4, -0.2) is 23.2 Å². The third-order valence-corrected chi connectivity index (χ3v) is 4.21. The van der Waals surface area contributed by atoms with E-state index < -0.39 is 5.60 Å². The molecule has 0 aliphatic carbocycles. The third kappa shape index (κ3) is 3.30. The SMILES string of the molecule is CCC(C)(O)CNC(=O)c1cc2cc(F)ccc2s1. The molecule has 1 aromatic heterocycles. The topological polar surface area (TPSA) is 49.3 Å². The van der Waals surface area contributed by atoms with Crippen LogP contribution in [0.2, 0.25) is 0 Å². The number of amides is 1. The average molecular weight is 281 g/mol. The lowest BCUT2D eigenvalue weighted by molar-refractivity contribution is 0.0519. The van der Waals surface area contributed by atoms with Gasteiger partial charge in [0, 0.05) is 11.2 Å². The molecule has 102 valence electrons. The van der Waals surface area contributed by atoms with Crippen LogP contribution in [0.1, 0.15) is 29.9 Å². The summed E-state index contributed by atoms with van der Waals surface area (Å²) in [4.78, 5) is 12.5. The molecule has 0 saturated carbocycles. The molecule has 1 atom stereocenters. The zero-order valence-electron chi connectivity index (χ0n) is 10.9. The van der Waals surface area contributed by atoms with Crippen molar-refractivity contribution in [3.8, 4) is 0 Å². The predicted molar refractivity (Wildman–Crippen MR) is 75.0 cm³/mol. The Morgan fingerprint density at radius 2 is 2.21 bits per heavy atom. The van der Waals surface area contributed by atoms with Gasteiger partial charge >= 0.3 is 0 Å². The van der Waals surface area contributed by atoms with Crippen molar-refractivity contribution in [3.63, 3.8) is 0 Å². The highest BCUT2D eigenvalue weighted by Gasteiger charge is 2.19. The first kappa shape index (κ1) is 14.0. The fraction of sp³-hybridized carbons (Fsp3) is 0.357. The van der Waals surface area contributed by atoms with Crippen molar-refractivity contribution in [2.45, 2.75) is 25.9 Å². The lowest BCUT2D eigenvalue weighted by atomic mass is 10.0. The van der Waals surface area contributed by atoms with Gasteiger partial charge in [0.15, 0.2) is 0 Å². The summed E-state index contributed by atoms with van der Waals surface area (Å²) in [5.74, 6) is -0.554. The highest BCUT2D eigenvalue weighted by molar-refractivity contribution is 7.20. The first-order valence-corrected chi connectivity index (χ1v) is 6.92. The molecule has 0 radical (unpaired) electrons. The molecule has 1 amide bonds. The molecule has 2 N–H and O–H groups in total. The monoisotopic (exact) mass is 281 g/mol. The molecule has 0 bridgehead atoms. The Labute approximate surface area is 115 Å². The summed E-state index contributed by atoms with van der Waals surface area (Å²) in [6.45, 7) is 3.73. The lowest BCUT2D eigenvalue weighted by Gasteiger charge is -2.21. The van der Waals surface area contributed by atoms with E-state index in [-0.39, 0.29) is 18.3 Å². The molecule has 2 rings (SSSR count). The van der Waals surface area contributed by atoms with Crippen molar-refractivity contribution in [1.29, 1.82) is 0 Å². The van der Waals surface area contributed by atoms with Crippen molar-refractivity contribution < 1.29 is 14.3 Å². The molecule has 19 heavy (non-hydrogen) atoms. The molecule has 0 spiro atoms. The Bertz CT molecular complexity index is 607. The number of benzene rings is 1. The van der Waals surface area contributed by atoms with Gasteiger partial charge in [-0.1, -0.05) is 6.92 Å². The van der Waals surface area contributed by atoms with Crippen LogP contribution in [0.4, 0.5) is 4.39 Å². The molecule has 1 unspecified atom stereocenters. The van der Waals surface area contributed by atoms with Crippen LogP contribution >= 0.6 is 11.3 Å². The minimum Gasteiger partial charge on any atom is -0.388 e. The molecule has 2 aromatic rings. The molecular weight excluding hydrogens is 265 g/mol. The molecule has 1 aromatic carbocycles. The van der Waals surface area contributed by atoms with E-state index in [1.54, 1.807) is 19.1 Å². The van der Waals surface area contributed by atoms with Gasteiger partial charge in [-0.2, -0.15) is 0 Å². The Balaban J connectivity index is 2.13. The standard InChI is InChI=1S/C14H16FNO2S/c1-3-14(2,18)8-16-13(17)12-7-9-6-10(15)4-5-11(9)19-12/h4-7,18H,3,8H2,1-2H3,(H,16,17). The Kier molecular flexibility index (Phi) is 3.87. The van der Waals surface area contributed by atoms with E-state index in [0.29, 0.717) is 11.3 Å². The number of fused-ring (bicyclic) bond motifs is 1. The Hall–Kier alpha value is -1.46. The first-order valence-electron chi connectivity index (χ1n) is 6.11. The number of nitrogens with one attached hydrogen (secondary N) is 1. The van der Waals surface area contributed by atoms with Crippen molar-refractivity contribution in [1.82, 2.24) is 5.32 Å². The number of halogens is 1. The van der Waals surface area contributed by atoms with Gasteiger partial charge in [0.05, 0.1) is 10.5 Å². The fourth-order valence-electron chi connectivity index (χ4n) is 1.61. The molecule has 0 aliphatic heterocycles. The van der Waals surface area contributed by atoms with Gasteiger partial charge in [-0.05, 0) is 43.0 Å². The second-order valence-electron chi connectivity index (χ2n) is 4.83. The van der Waals surface area contributed by atoms with Crippen molar-refractivity contribution in [2.24, 2.45) is 0 Å². The maximum absolute atomic E-state index is 13.1. The number of aliphatic hydroxyl groups is 1. The smallest absolute Gasteiger partial charge is 0.261 e. The van der Waals surface area contributed by atoms with Gasteiger partial charge in [-0.25, -0.2) is 4.39 Å². The molecule has 5 heteroatoms. The van der Waals surface area contributed by atoms with E-state index in [0.717, 1.165) is 10.1 Å². The summed E-state index contributed by atoms with van der Waals surface area (Å²) in [7, 11) is 0. The van der Waals surface area contributed by atoms with Crippen LogP contribution in [0.3, 0.4) is 0 Å². The Morgan fingerprint density at radius 3 is 2.89 bits per heavy atom. The number of rotatable bonds is 4. The van der Waals surface area contributed by atoms with Crippen molar-refractivity contribution >= 4 is 27.3 Å². The molecule has 3 nitrogen and oxygen atoms in total. The number of carbonyl (C=O) groups excluding carboxylic acids is 1. The van der Waals surface area contributed by atoms with Gasteiger partial charge in [0.1, 0.15) is 5.82 Å². The predicted octanol–water partition coefficient (Wildman–Crippen LogP) is 2.93. The number of thiophene rings is 1. The summed E-state index contributed by atoms with van der Waals surface area (Å²) in [5.41, 5.74) is -0.904. The summed E-state index contributed by atoms with van der Waals surface area (Å²) in [6, 6.07) is 6.11. The first-order chi connectivity index (χ1) is 8.91. The van der Waals surface area contributed by atoms with E-state index in [9.17, 15) is 14.3 Å². The van der Waals surface area contributed by atoms with E-state index in [1.165, 1.54) is 23.5 Å². The fourth-order valence-corrected chi connectivity index (χ4v) is 2.57. The van der Waals surface area contributed by atoms with Gasteiger partial charge < -0.3 is 10.4 Å². The van der Waals surface area contributed by atoms with Crippen molar-refractivity contribution in [3.05, 3.63) is 35.0 Å². The zero-order valence-corrected chi connectivity index (χ0v) is 11.7. The van der Waals surface area contributed by atoms with Crippen molar-refractivity contribution in [2.75, 3.05) is 6.54 Å². The molecule has 0 fully saturated rings. The minimum atomic E-state index is -0.904. The Morgan fingerprint density at radius 1 is 1.47 bits per heavy atom. The molecule has 0 aliphatic rings. The van der Waals surface area contributed by atoms with E-state index >= 15 is 0 Å². The molecular formula is C14H16FNO2S. The average Bonchev–Trinajstić information content (AvgIpc) is 2.79. The summed E-state index contributed by atoms with van der Waals surface area (Å²) in [5, 5.41) is 13.2. The quantitative estimate of drug-likeness (QED) is 0.905. The summed E-state index contributed by atoms with van der Waals surface area (Å²) < 4.78 is 13.9. The normalized spacial score (nSPS) is 14.3. The highest BCUT2D eigenvalue weighted by atomic mass is 32.1. The molecule has 0 saturated heterocycles. The summed E-state index contributed by atoms with van der Waals surface area (Å²) >= 11 is 1.31. The largest absolute Gasteiger partial charge is 0.388 e. The van der Waals surface area contributed by atoms with E-state index in [2.05, 4.69) is 5.32 Å². The third-order valence-electron chi connectivity index (χ3n) is 3.09. The van der Waals surface area contributed by atoms with Gasteiger partial charge in [0.25, 0.3) is 5.91 Å². The van der Waals surface area contributed by atoms with E-state index in [4.69, 9.17) is 0 Å². The maximum Gasteiger partial charge on any atom is 0.261 e. The number of carbonyl (C=O) groups is 1. The minimum absolute atomic E-state index is 0.199. The highest BCUT2D eigenvalue weighted by Crippen LogP contribution is 2.26. The van der Waals surface area contributed by atoms with Crippen LogP contribution in [-0.2, 0) is 0 Å². The summed E-state index contributed by atoms with van der Waals surface area (Å²) in [6.07, 6.45) is 0.560.